The Morgan fingerprint density at radius 3 is 2.65 bits per heavy atom. The van der Waals surface area contributed by atoms with Crippen LogP contribution in [0, 0.1) is 24.2 Å². The number of ether oxygens (including phenoxy) is 2. The number of hydrogen-bond acceptors (Lipinski definition) is 4. The van der Waals surface area contributed by atoms with Gasteiger partial charge in [-0.3, -0.25) is 4.79 Å². The summed E-state index contributed by atoms with van der Waals surface area (Å²) < 4.78 is 9.71. The van der Waals surface area contributed by atoms with Crippen molar-refractivity contribution in [3.8, 4) is 11.8 Å². The minimum absolute atomic E-state index is 0.355. The molecule has 0 aliphatic carbocycles. The minimum Gasteiger partial charge on any atom is -0.496 e. The Balaban J connectivity index is 2.85. The third-order valence-electron chi connectivity index (χ3n) is 2.54. The molecule has 0 saturated carbocycles. The molecule has 90 valence electrons. The topological polar surface area (TPSA) is 59.3 Å². The number of benzene rings is 1. The standard InChI is InChI=1S/C13H15NO3/c1-9-6-10(4-5-12(9)16-2)7-11(8-14)13(15)17-3/h4-6,11H,7H2,1-3H3. The number of nitrogens with zero attached hydrogens (tertiary/aromatic N) is 1. The number of carbonyl (C=O) groups excluding carboxylic acids is 1. The molecule has 0 aliphatic rings. The molecule has 0 fully saturated rings. The van der Waals surface area contributed by atoms with Gasteiger partial charge in [0.2, 0.25) is 0 Å². The van der Waals surface area contributed by atoms with Crippen LogP contribution in [0.15, 0.2) is 18.2 Å². The molecule has 0 aromatic heterocycles. The summed E-state index contributed by atoms with van der Waals surface area (Å²) in [7, 11) is 2.89. The fraction of sp³-hybridized carbons (Fsp3) is 0.385. The second kappa shape index (κ2) is 5.90. The second-order valence-electron chi connectivity index (χ2n) is 3.71. The lowest BCUT2D eigenvalue weighted by Gasteiger charge is -2.09. The van der Waals surface area contributed by atoms with E-state index in [9.17, 15) is 4.79 Å². The van der Waals surface area contributed by atoms with E-state index in [1.165, 1.54) is 7.11 Å². The molecule has 0 amide bonds. The zero-order chi connectivity index (χ0) is 12.8. The summed E-state index contributed by atoms with van der Waals surface area (Å²) in [4.78, 5) is 11.3. The number of hydrogen-bond donors (Lipinski definition) is 0. The molecule has 0 spiro atoms. The Kier molecular flexibility index (Phi) is 4.53. The van der Waals surface area contributed by atoms with Gasteiger partial charge in [-0.05, 0) is 30.5 Å². The number of aryl methyl sites for hydroxylation is 1. The van der Waals surface area contributed by atoms with E-state index < -0.39 is 11.9 Å². The Bertz CT molecular complexity index is 448. The summed E-state index contributed by atoms with van der Waals surface area (Å²) in [5, 5.41) is 8.88. The van der Waals surface area contributed by atoms with Gasteiger partial charge in [-0.1, -0.05) is 12.1 Å². The average Bonchev–Trinajstić information content (AvgIpc) is 2.35. The van der Waals surface area contributed by atoms with E-state index in [0.717, 1.165) is 16.9 Å². The van der Waals surface area contributed by atoms with E-state index in [1.54, 1.807) is 7.11 Å². The minimum atomic E-state index is -0.757. The summed E-state index contributed by atoms with van der Waals surface area (Å²) in [6.07, 6.45) is 0.355. The first-order valence-electron chi connectivity index (χ1n) is 5.23. The summed E-state index contributed by atoms with van der Waals surface area (Å²) in [5.74, 6) is -0.464. The number of esters is 1. The van der Waals surface area contributed by atoms with Crippen LogP contribution in [-0.4, -0.2) is 20.2 Å². The molecule has 1 aromatic carbocycles. The highest BCUT2D eigenvalue weighted by Gasteiger charge is 2.19. The van der Waals surface area contributed by atoms with Crippen molar-refractivity contribution in [2.45, 2.75) is 13.3 Å². The molecule has 0 radical (unpaired) electrons. The monoisotopic (exact) mass is 233 g/mol. The van der Waals surface area contributed by atoms with Crippen LogP contribution in [-0.2, 0) is 16.0 Å². The van der Waals surface area contributed by atoms with Crippen LogP contribution >= 0.6 is 0 Å². The van der Waals surface area contributed by atoms with Crippen molar-refractivity contribution in [1.82, 2.24) is 0 Å². The van der Waals surface area contributed by atoms with Gasteiger partial charge in [0.25, 0.3) is 0 Å². The maximum Gasteiger partial charge on any atom is 0.323 e. The molecule has 4 nitrogen and oxygen atoms in total. The molecule has 1 aromatic rings. The van der Waals surface area contributed by atoms with E-state index in [1.807, 2.05) is 31.2 Å². The Morgan fingerprint density at radius 1 is 1.47 bits per heavy atom. The molecule has 0 bridgehead atoms. The SMILES string of the molecule is COC(=O)C(C#N)Cc1ccc(OC)c(C)c1. The fourth-order valence-corrected chi connectivity index (χ4v) is 1.63. The Hall–Kier alpha value is -2.02. The molecule has 4 heteroatoms. The maximum atomic E-state index is 11.3. The van der Waals surface area contributed by atoms with Crippen LogP contribution in [0.5, 0.6) is 5.75 Å². The van der Waals surface area contributed by atoms with Gasteiger partial charge in [0.15, 0.2) is 0 Å². The van der Waals surface area contributed by atoms with Crippen molar-refractivity contribution in [1.29, 1.82) is 5.26 Å². The smallest absolute Gasteiger partial charge is 0.323 e. The number of methoxy groups -OCH3 is 2. The lowest BCUT2D eigenvalue weighted by atomic mass is 9.99. The zero-order valence-corrected chi connectivity index (χ0v) is 10.2. The van der Waals surface area contributed by atoms with Crippen LogP contribution in [0.3, 0.4) is 0 Å². The van der Waals surface area contributed by atoms with Crippen LogP contribution < -0.4 is 4.74 Å². The Morgan fingerprint density at radius 2 is 2.18 bits per heavy atom. The van der Waals surface area contributed by atoms with Gasteiger partial charge in [0, 0.05) is 0 Å². The predicted molar refractivity (Wildman–Crippen MR) is 62.6 cm³/mol. The largest absolute Gasteiger partial charge is 0.496 e. The highest BCUT2D eigenvalue weighted by molar-refractivity contribution is 5.75. The van der Waals surface area contributed by atoms with Gasteiger partial charge >= 0.3 is 5.97 Å². The lowest BCUT2D eigenvalue weighted by molar-refractivity contribution is -0.143. The molecule has 0 heterocycles. The highest BCUT2D eigenvalue weighted by atomic mass is 16.5. The molecule has 0 saturated heterocycles. The van der Waals surface area contributed by atoms with Crippen LogP contribution in [0.25, 0.3) is 0 Å². The first kappa shape index (κ1) is 13.0. The third-order valence-corrected chi connectivity index (χ3v) is 2.54. The van der Waals surface area contributed by atoms with Gasteiger partial charge in [-0.2, -0.15) is 5.26 Å². The highest BCUT2D eigenvalue weighted by Crippen LogP contribution is 2.20. The predicted octanol–water partition coefficient (Wildman–Crippen LogP) is 1.86. The van der Waals surface area contributed by atoms with E-state index in [-0.39, 0.29) is 0 Å². The fourth-order valence-electron chi connectivity index (χ4n) is 1.63. The molecule has 17 heavy (non-hydrogen) atoms. The van der Waals surface area contributed by atoms with Crippen LogP contribution in [0.4, 0.5) is 0 Å². The zero-order valence-electron chi connectivity index (χ0n) is 10.2. The molecular weight excluding hydrogens is 218 g/mol. The molecule has 1 rings (SSSR count). The van der Waals surface area contributed by atoms with Gasteiger partial charge in [0.1, 0.15) is 11.7 Å². The molecule has 0 N–H and O–H groups in total. The van der Waals surface area contributed by atoms with E-state index >= 15 is 0 Å². The maximum absolute atomic E-state index is 11.3. The quantitative estimate of drug-likeness (QED) is 0.745. The second-order valence-corrected chi connectivity index (χ2v) is 3.71. The average molecular weight is 233 g/mol. The summed E-state index contributed by atoms with van der Waals surface area (Å²) in [5.41, 5.74) is 1.90. The van der Waals surface area contributed by atoms with Crippen molar-refractivity contribution in [2.24, 2.45) is 5.92 Å². The normalized spacial score (nSPS) is 11.4. The molecule has 0 aliphatic heterocycles. The van der Waals surface area contributed by atoms with E-state index in [2.05, 4.69) is 4.74 Å². The molecular formula is C13H15NO3. The number of carbonyl (C=O) groups is 1. The number of rotatable bonds is 4. The van der Waals surface area contributed by atoms with Crippen LogP contribution in [0.1, 0.15) is 11.1 Å². The van der Waals surface area contributed by atoms with E-state index in [4.69, 9.17) is 10.00 Å². The van der Waals surface area contributed by atoms with Crippen LogP contribution in [0.2, 0.25) is 0 Å². The van der Waals surface area contributed by atoms with E-state index in [0.29, 0.717) is 6.42 Å². The van der Waals surface area contributed by atoms with Crippen molar-refractivity contribution in [3.05, 3.63) is 29.3 Å². The summed E-state index contributed by atoms with van der Waals surface area (Å²) in [6.45, 7) is 1.92. The van der Waals surface area contributed by atoms with Crippen molar-refractivity contribution in [3.63, 3.8) is 0 Å². The third kappa shape index (κ3) is 3.22. The van der Waals surface area contributed by atoms with Crippen molar-refractivity contribution in [2.75, 3.05) is 14.2 Å². The molecule has 1 atom stereocenters. The van der Waals surface area contributed by atoms with Gasteiger partial charge < -0.3 is 9.47 Å². The summed E-state index contributed by atoms with van der Waals surface area (Å²) in [6, 6.07) is 7.53. The van der Waals surface area contributed by atoms with Gasteiger partial charge in [-0.25, -0.2) is 0 Å². The first-order chi connectivity index (χ1) is 8.12. The van der Waals surface area contributed by atoms with Gasteiger partial charge in [0.05, 0.1) is 20.3 Å². The number of nitriles is 1. The van der Waals surface area contributed by atoms with Crippen molar-refractivity contribution >= 4 is 5.97 Å². The Labute approximate surface area is 101 Å². The van der Waals surface area contributed by atoms with Crippen molar-refractivity contribution < 1.29 is 14.3 Å². The molecule has 1 unspecified atom stereocenters. The summed E-state index contributed by atoms with van der Waals surface area (Å²) >= 11 is 0. The van der Waals surface area contributed by atoms with Gasteiger partial charge in [-0.15, -0.1) is 0 Å². The first-order valence-corrected chi connectivity index (χ1v) is 5.23. The lowest BCUT2D eigenvalue weighted by Crippen LogP contribution is -2.16.